The summed E-state index contributed by atoms with van der Waals surface area (Å²) in [5.41, 5.74) is 3.84. The Bertz CT molecular complexity index is 636. The molecular formula is C16H18N2O3. The van der Waals surface area contributed by atoms with Crippen LogP contribution in [0.2, 0.25) is 0 Å². The monoisotopic (exact) mass is 286 g/mol. The molecule has 110 valence electrons. The van der Waals surface area contributed by atoms with E-state index in [-0.39, 0.29) is 18.1 Å². The molecular weight excluding hydrogens is 268 g/mol. The summed E-state index contributed by atoms with van der Waals surface area (Å²) in [4.78, 5) is 0. The van der Waals surface area contributed by atoms with Gasteiger partial charge in [0.15, 0.2) is 11.5 Å². The van der Waals surface area contributed by atoms with Gasteiger partial charge in [0.25, 0.3) is 0 Å². The molecule has 0 heterocycles. The predicted molar refractivity (Wildman–Crippen MR) is 80.7 cm³/mol. The molecule has 0 bridgehead atoms. The number of hydrogen-bond donors (Lipinski definition) is 2. The van der Waals surface area contributed by atoms with Crippen LogP contribution in [-0.4, -0.2) is 17.3 Å². The maximum absolute atomic E-state index is 9.81. The second kappa shape index (κ2) is 6.37. The van der Waals surface area contributed by atoms with Gasteiger partial charge < -0.3 is 14.9 Å². The summed E-state index contributed by atoms with van der Waals surface area (Å²) in [6.45, 7) is 3.70. The van der Waals surface area contributed by atoms with Gasteiger partial charge in [-0.2, -0.15) is 10.2 Å². The lowest BCUT2D eigenvalue weighted by molar-refractivity contribution is 0.272. The number of aliphatic hydroxyl groups excluding tert-OH is 1. The molecule has 2 aromatic carbocycles. The van der Waals surface area contributed by atoms with Crippen LogP contribution in [0.1, 0.15) is 16.7 Å². The van der Waals surface area contributed by atoms with Gasteiger partial charge in [-0.1, -0.05) is 6.07 Å². The Morgan fingerprint density at radius 2 is 1.52 bits per heavy atom. The van der Waals surface area contributed by atoms with E-state index in [0.717, 1.165) is 16.8 Å². The van der Waals surface area contributed by atoms with E-state index in [4.69, 9.17) is 4.74 Å². The summed E-state index contributed by atoms with van der Waals surface area (Å²) >= 11 is 0. The summed E-state index contributed by atoms with van der Waals surface area (Å²) in [5, 5.41) is 27.4. The molecule has 21 heavy (non-hydrogen) atoms. The highest BCUT2D eigenvalue weighted by molar-refractivity contribution is 5.56. The summed E-state index contributed by atoms with van der Waals surface area (Å²) < 4.78 is 5.06. The number of azo groups is 1. The highest BCUT2D eigenvalue weighted by atomic mass is 16.5. The van der Waals surface area contributed by atoms with Crippen molar-refractivity contribution >= 4 is 11.4 Å². The van der Waals surface area contributed by atoms with Gasteiger partial charge in [-0.05, 0) is 43.2 Å². The van der Waals surface area contributed by atoms with E-state index in [1.807, 2.05) is 26.0 Å². The van der Waals surface area contributed by atoms with Crippen LogP contribution >= 0.6 is 0 Å². The lowest BCUT2D eigenvalue weighted by atomic mass is 10.1. The molecule has 0 aliphatic rings. The minimum atomic E-state index is -0.297. The molecule has 0 aromatic heterocycles. The molecule has 0 unspecified atom stereocenters. The van der Waals surface area contributed by atoms with Crippen LogP contribution in [0.3, 0.4) is 0 Å². The number of phenols is 1. The van der Waals surface area contributed by atoms with Gasteiger partial charge >= 0.3 is 0 Å². The van der Waals surface area contributed by atoms with Crippen molar-refractivity contribution in [2.24, 2.45) is 10.2 Å². The molecule has 0 spiro atoms. The Balaban J connectivity index is 2.36. The maximum atomic E-state index is 9.81. The SMILES string of the molecule is COc1cc(N=Nc2cc(C)cc(C)c2)cc(CO)c1O. The van der Waals surface area contributed by atoms with Crippen molar-refractivity contribution in [2.45, 2.75) is 20.5 Å². The van der Waals surface area contributed by atoms with Gasteiger partial charge in [-0.25, -0.2) is 0 Å². The molecule has 0 fully saturated rings. The van der Waals surface area contributed by atoms with E-state index in [2.05, 4.69) is 16.3 Å². The molecule has 0 atom stereocenters. The molecule has 0 saturated heterocycles. The van der Waals surface area contributed by atoms with Crippen LogP contribution in [0, 0.1) is 13.8 Å². The smallest absolute Gasteiger partial charge is 0.163 e. The molecule has 0 aliphatic heterocycles. The second-order valence-electron chi connectivity index (χ2n) is 4.86. The number of rotatable bonds is 4. The lowest BCUT2D eigenvalue weighted by Gasteiger charge is -2.08. The molecule has 2 aromatic rings. The summed E-state index contributed by atoms with van der Waals surface area (Å²) in [7, 11) is 1.45. The lowest BCUT2D eigenvalue weighted by Crippen LogP contribution is -1.89. The molecule has 0 radical (unpaired) electrons. The third-order valence-electron chi connectivity index (χ3n) is 3.02. The number of methoxy groups -OCH3 is 1. The van der Waals surface area contributed by atoms with Crippen molar-refractivity contribution in [3.8, 4) is 11.5 Å². The Labute approximate surface area is 123 Å². The third-order valence-corrected chi connectivity index (χ3v) is 3.02. The first kappa shape index (κ1) is 15.0. The van der Waals surface area contributed by atoms with Crippen LogP contribution < -0.4 is 4.74 Å². The quantitative estimate of drug-likeness (QED) is 0.836. The van der Waals surface area contributed by atoms with Crippen molar-refractivity contribution in [2.75, 3.05) is 7.11 Å². The fourth-order valence-corrected chi connectivity index (χ4v) is 2.11. The Hall–Kier alpha value is -2.40. The Morgan fingerprint density at radius 1 is 0.952 bits per heavy atom. The Kier molecular flexibility index (Phi) is 4.55. The maximum Gasteiger partial charge on any atom is 0.163 e. The van der Waals surface area contributed by atoms with Crippen LogP contribution in [0.15, 0.2) is 40.6 Å². The van der Waals surface area contributed by atoms with Gasteiger partial charge in [0, 0.05) is 11.6 Å². The standard InChI is InChI=1S/C16H18N2O3/c1-10-4-11(2)6-13(5-10)17-18-14-7-12(9-19)16(20)15(8-14)21-3/h4-8,19-20H,9H2,1-3H3. The molecule has 5 nitrogen and oxygen atoms in total. The van der Waals surface area contributed by atoms with Crippen molar-refractivity contribution in [3.05, 3.63) is 47.0 Å². The molecule has 2 N–H and O–H groups in total. The predicted octanol–water partition coefficient (Wildman–Crippen LogP) is 3.93. The molecule has 2 rings (SSSR count). The highest BCUT2D eigenvalue weighted by Gasteiger charge is 2.09. The fourth-order valence-electron chi connectivity index (χ4n) is 2.11. The van der Waals surface area contributed by atoms with Crippen LogP contribution in [0.5, 0.6) is 11.5 Å². The highest BCUT2D eigenvalue weighted by Crippen LogP contribution is 2.35. The van der Waals surface area contributed by atoms with E-state index in [0.29, 0.717) is 11.3 Å². The van der Waals surface area contributed by atoms with E-state index in [1.54, 1.807) is 12.1 Å². The van der Waals surface area contributed by atoms with Gasteiger partial charge in [0.1, 0.15) is 0 Å². The van der Waals surface area contributed by atoms with Crippen molar-refractivity contribution in [3.63, 3.8) is 0 Å². The van der Waals surface area contributed by atoms with Gasteiger partial charge in [0.05, 0.1) is 25.1 Å². The van der Waals surface area contributed by atoms with E-state index >= 15 is 0 Å². The number of hydrogen-bond acceptors (Lipinski definition) is 5. The van der Waals surface area contributed by atoms with Crippen molar-refractivity contribution in [1.29, 1.82) is 0 Å². The minimum Gasteiger partial charge on any atom is -0.504 e. The molecule has 0 aliphatic carbocycles. The van der Waals surface area contributed by atoms with Gasteiger partial charge in [-0.3, -0.25) is 0 Å². The number of aliphatic hydroxyl groups is 1. The Morgan fingerprint density at radius 3 is 2.05 bits per heavy atom. The van der Waals surface area contributed by atoms with Crippen LogP contribution in [-0.2, 0) is 6.61 Å². The number of ether oxygens (including phenoxy) is 1. The summed E-state index contributed by atoms with van der Waals surface area (Å²) in [6.07, 6.45) is 0. The topological polar surface area (TPSA) is 74.4 Å². The molecule has 0 amide bonds. The summed E-state index contributed by atoms with van der Waals surface area (Å²) in [5.74, 6) is 0.182. The van der Waals surface area contributed by atoms with E-state index in [9.17, 15) is 10.2 Å². The largest absolute Gasteiger partial charge is 0.504 e. The normalized spacial score (nSPS) is 11.0. The first-order valence-electron chi connectivity index (χ1n) is 6.54. The number of aromatic hydroxyl groups is 1. The second-order valence-corrected chi connectivity index (χ2v) is 4.86. The first-order valence-corrected chi connectivity index (χ1v) is 6.54. The number of benzene rings is 2. The van der Waals surface area contributed by atoms with Crippen LogP contribution in [0.25, 0.3) is 0 Å². The van der Waals surface area contributed by atoms with Gasteiger partial charge in [-0.15, -0.1) is 0 Å². The van der Waals surface area contributed by atoms with Gasteiger partial charge in [0.2, 0.25) is 0 Å². The average Bonchev–Trinajstić information content (AvgIpc) is 2.45. The zero-order chi connectivity index (χ0) is 15.4. The van der Waals surface area contributed by atoms with E-state index in [1.165, 1.54) is 7.11 Å². The van der Waals surface area contributed by atoms with Crippen LogP contribution in [0.4, 0.5) is 11.4 Å². The zero-order valence-electron chi connectivity index (χ0n) is 12.3. The average molecular weight is 286 g/mol. The first-order chi connectivity index (χ1) is 10.0. The van der Waals surface area contributed by atoms with E-state index < -0.39 is 0 Å². The number of nitrogens with zero attached hydrogens (tertiary/aromatic N) is 2. The fraction of sp³-hybridized carbons (Fsp3) is 0.250. The molecule has 0 saturated carbocycles. The minimum absolute atomic E-state index is 0.0784. The number of aryl methyl sites for hydroxylation is 2. The van der Waals surface area contributed by atoms with Crippen molar-refractivity contribution in [1.82, 2.24) is 0 Å². The molecule has 5 heteroatoms. The zero-order valence-corrected chi connectivity index (χ0v) is 12.3. The van der Waals surface area contributed by atoms with Crippen molar-refractivity contribution < 1.29 is 14.9 Å². The third kappa shape index (κ3) is 3.58. The summed E-state index contributed by atoms with van der Waals surface area (Å²) in [6, 6.07) is 9.07.